The monoisotopic (exact) mass is 339 g/mol. The van der Waals surface area contributed by atoms with Gasteiger partial charge in [0.25, 0.3) is 5.91 Å². The first kappa shape index (κ1) is 16.1. The predicted octanol–water partition coefficient (Wildman–Crippen LogP) is 3.53. The molecule has 3 heterocycles. The van der Waals surface area contributed by atoms with Crippen molar-refractivity contribution in [2.45, 2.75) is 13.5 Å². The quantitative estimate of drug-likeness (QED) is 0.746. The Labute approximate surface area is 144 Å². The number of thiophene rings is 1. The van der Waals surface area contributed by atoms with Crippen LogP contribution in [0.5, 0.6) is 5.88 Å². The molecule has 0 aliphatic heterocycles. The first-order chi connectivity index (χ1) is 11.8. The minimum atomic E-state index is -0.167. The lowest BCUT2D eigenvalue weighted by atomic mass is 10.1. The first-order valence-corrected chi connectivity index (χ1v) is 8.55. The number of carbonyl (C=O) groups excluding carboxylic acids is 1. The van der Waals surface area contributed by atoms with Crippen molar-refractivity contribution in [1.29, 1.82) is 0 Å². The van der Waals surface area contributed by atoms with Gasteiger partial charge in [0.15, 0.2) is 0 Å². The fraction of sp³-hybridized carbons (Fsp3) is 0.167. The Bertz CT molecular complexity index is 801. The number of pyridine rings is 2. The number of hydrogen-bond acceptors (Lipinski definition) is 5. The van der Waals surface area contributed by atoms with Crippen LogP contribution in [0.15, 0.2) is 53.5 Å². The standard InChI is InChI=1S/C18H17N3O2S/c1-2-23-17-4-3-14(11-20-17)18(22)21-10-13-5-7-19-16(9-13)15-6-8-24-12-15/h3-9,11-12H,2,10H2,1H3,(H,21,22). The van der Waals surface area contributed by atoms with Crippen molar-refractivity contribution in [2.24, 2.45) is 0 Å². The molecule has 0 aliphatic carbocycles. The van der Waals surface area contributed by atoms with E-state index in [4.69, 9.17) is 4.74 Å². The molecule has 0 radical (unpaired) electrons. The zero-order valence-electron chi connectivity index (χ0n) is 13.2. The fourth-order valence-corrected chi connectivity index (χ4v) is 2.83. The van der Waals surface area contributed by atoms with E-state index in [1.165, 1.54) is 6.20 Å². The third-order valence-corrected chi connectivity index (χ3v) is 4.07. The van der Waals surface area contributed by atoms with Gasteiger partial charge < -0.3 is 10.1 Å². The molecule has 1 amide bonds. The second-order valence-corrected chi connectivity index (χ2v) is 5.84. The molecule has 6 heteroatoms. The fourth-order valence-electron chi connectivity index (χ4n) is 2.18. The Kier molecular flexibility index (Phi) is 5.18. The predicted molar refractivity (Wildman–Crippen MR) is 94.1 cm³/mol. The summed E-state index contributed by atoms with van der Waals surface area (Å²) >= 11 is 1.63. The van der Waals surface area contributed by atoms with E-state index in [1.54, 1.807) is 29.7 Å². The zero-order chi connectivity index (χ0) is 16.8. The van der Waals surface area contributed by atoms with Gasteiger partial charge >= 0.3 is 0 Å². The van der Waals surface area contributed by atoms with Gasteiger partial charge in [-0.2, -0.15) is 11.3 Å². The molecule has 5 nitrogen and oxygen atoms in total. The lowest BCUT2D eigenvalue weighted by Gasteiger charge is -2.07. The van der Waals surface area contributed by atoms with E-state index in [2.05, 4.69) is 20.7 Å². The molecule has 3 aromatic heterocycles. The molecular weight excluding hydrogens is 322 g/mol. The van der Waals surface area contributed by atoms with Crippen LogP contribution in [0.3, 0.4) is 0 Å². The maximum Gasteiger partial charge on any atom is 0.253 e. The Morgan fingerprint density at radius 2 is 2.17 bits per heavy atom. The summed E-state index contributed by atoms with van der Waals surface area (Å²) in [6.45, 7) is 2.88. The second kappa shape index (κ2) is 7.70. The number of amides is 1. The van der Waals surface area contributed by atoms with Gasteiger partial charge in [0.05, 0.1) is 17.9 Å². The van der Waals surface area contributed by atoms with Crippen LogP contribution in [0.1, 0.15) is 22.8 Å². The van der Waals surface area contributed by atoms with Gasteiger partial charge in [0.2, 0.25) is 5.88 Å². The number of nitrogens with one attached hydrogen (secondary N) is 1. The lowest BCUT2D eigenvalue weighted by Crippen LogP contribution is -2.23. The summed E-state index contributed by atoms with van der Waals surface area (Å²) in [7, 11) is 0. The molecule has 0 saturated carbocycles. The SMILES string of the molecule is CCOc1ccc(C(=O)NCc2ccnc(-c3ccsc3)c2)cn1. The third-order valence-electron chi connectivity index (χ3n) is 3.39. The summed E-state index contributed by atoms with van der Waals surface area (Å²) < 4.78 is 5.27. The number of ether oxygens (including phenoxy) is 1. The van der Waals surface area contributed by atoms with Crippen LogP contribution in [-0.4, -0.2) is 22.5 Å². The number of carbonyl (C=O) groups is 1. The van der Waals surface area contributed by atoms with Crippen molar-refractivity contribution in [2.75, 3.05) is 6.61 Å². The number of nitrogens with zero attached hydrogens (tertiary/aromatic N) is 2. The summed E-state index contributed by atoms with van der Waals surface area (Å²) in [6.07, 6.45) is 3.27. The topological polar surface area (TPSA) is 64.1 Å². The van der Waals surface area contributed by atoms with Crippen LogP contribution in [-0.2, 0) is 6.54 Å². The van der Waals surface area contributed by atoms with Crippen molar-refractivity contribution in [3.05, 3.63) is 64.6 Å². The largest absolute Gasteiger partial charge is 0.478 e. The number of aromatic nitrogens is 2. The smallest absolute Gasteiger partial charge is 0.253 e. The average Bonchev–Trinajstić information content (AvgIpc) is 3.16. The summed E-state index contributed by atoms with van der Waals surface area (Å²) in [6, 6.07) is 9.31. The van der Waals surface area contributed by atoms with Crippen LogP contribution < -0.4 is 10.1 Å². The Morgan fingerprint density at radius 1 is 1.25 bits per heavy atom. The van der Waals surface area contributed by atoms with E-state index in [9.17, 15) is 4.79 Å². The molecule has 3 aromatic rings. The highest BCUT2D eigenvalue weighted by Crippen LogP contribution is 2.20. The van der Waals surface area contributed by atoms with E-state index < -0.39 is 0 Å². The van der Waals surface area contributed by atoms with Gasteiger partial charge in [0.1, 0.15) is 0 Å². The minimum absolute atomic E-state index is 0.167. The normalized spacial score (nSPS) is 10.4. The molecule has 0 spiro atoms. The van der Waals surface area contributed by atoms with Crippen molar-refractivity contribution in [1.82, 2.24) is 15.3 Å². The second-order valence-electron chi connectivity index (χ2n) is 5.06. The maximum atomic E-state index is 12.2. The maximum absolute atomic E-state index is 12.2. The Morgan fingerprint density at radius 3 is 2.88 bits per heavy atom. The van der Waals surface area contributed by atoms with Crippen LogP contribution in [0, 0.1) is 0 Å². The van der Waals surface area contributed by atoms with E-state index in [1.807, 2.05) is 30.5 Å². The van der Waals surface area contributed by atoms with Crippen LogP contribution in [0.25, 0.3) is 11.3 Å². The third kappa shape index (κ3) is 3.97. The molecule has 0 aromatic carbocycles. The van der Waals surface area contributed by atoms with Gasteiger partial charge in [-0.25, -0.2) is 4.98 Å². The molecule has 0 bridgehead atoms. The molecule has 0 unspecified atom stereocenters. The highest BCUT2D eigenvalue weighted by molar-refractivity contribution is 7.08. The number of rotatable bonds is 6. The van der Waals surface area contributed by atoms with Crippen LogP contribution >= 0.6 is 11.3 Å². The van der Waals surface area contributed by atoms with E-state index in [-0.39, 0.29) is 5.91 Å². The van der Waals surface area contributed by atoms with Crippen molar-refractivity contribution in [3.8, 4) is 17.1 Å². The van der Waals surface area contributed by atoms with Gasteiger partial charge in [-0.15, -0.1) is 0 Å². The molecule has 0 fully saturated rings. The van der Waals surface area contributed by atoms with Gasteiger partial charge in [-0.05, 0) is 42.1 Å². The average molecular weight is 339 g/mol. The molecule has 24 heavy (non-hydrogen) atoms. The molecule has 3 rings (SSSR count). The molecule has 0 aliphatic rings. The highest BCUT2D eigenvalue weighted by Gasteiger charge is 2.07. The van der Waals surface area contributed by atoms with Gasteiger partial charge in [-0.1, -0.05) is 0 Å². The van der Waals surface area contributed by atoms with E-state index >= 15 is 0 Å². The summed E-state index contributed by atoms with van der Waals surface area (Å²) in [5, 5.41) is 6.96. The Hall–Kier alpha value is -2.73. The van der Waals surface area contributed by atoms with Gasteiger partial charge in [0, 0.05) is 35.9 Å². The number of hydrogen-bond donors (Lipinski definition) is 1. The van der Waals surface area contributed by atoms with Crippen LogP contribution in [0.4, 0.5) is 0 Å². The summed E-state index contributed by atoms with van der Waals surface area (Å²) in [4.78, 5) is 20.7. The first-order valence-electron chi connectivity index (χ1n) is 7.61. The summed E-state index contributed by atoms with van der Waals surface area (Å²) in [5.74, 6) is 0.350. The van der Waals surface area contributed by atoms with Gasteiger partial charge in [-0.3, -0.25) is 9.78 Å². The van der Waals surface area contributed by atoms with Crippen molar-refractivity contribution in [3.63, 3.8) is 0 Å². The molecule has 122 valence electrons. The summed E-state index contributed by atoms with van der Waals surface area (Å²) in [5.41, 5.74) is 3.50. The Balaban J connectivity index is 1.63. The van der Waals surface area contributed by atoms with E-state index in [0.29, 0.717) is 24.6 Å². The highest BCUT2D eigenvalue weighted by atomic mass is 32.1. The van der Waals surface area contributed by atoms with Crippen LogP contribution in [0.2, 0.25) is 0 Å². The molecule has 0 saturated heterocycles. The molecular formula is C18H17N3O2S. The zero-order valence-corrected chi connectivity index (χ0v) is 14.0. The minimum Gasteiger partial charge on any atom is -0.478 e. The molecule has 1 N–H and O–H groups in total. The van der Waals surface area contributed by atoms with Crippen molar-refractivity contribution < 1.29 is 9.53 Å². The van der Waals surface area contributed by atoms with E-state index in [0.717, 1.165) is 16.8 Å². The molecule has 0 atom stereocenters. The van der Waals surface area contributed by atoms with Crippen molar-refractivity contribution >= 4 is 17.2 Å². The lowest BCUT2D eigenvalue weighted by molar-refractivity contribution is 0.0950.